The third-order valence-corrected chi connectivity index (χ3v) is 3.12. The highest BCUT2D eigenvalue weighted by atomic mass is 35.5. The van der Waals surface area contributed by atoms with Gasteiger partial charge in [-0.2, -0.15) is 0 Å². The number of hydrogen-bond acceptors (Lipinski definition) is 4. The van der Waals surface area contributed by atoms with E-state index >= 15 is 0 Å². The van der Waals surface area contributed by atoms with Gasteiger partial charge in [-0.1, -0.05) is 29.0 Å². The first kappa shape index (κ1) is 11.5. The molecule has 1 heterocycles. The van der Waals surface area contributed by atoms with Gasteiger partial charge in [-0.25, -0.2) is 4.98 Å². The Morgan fingerprint density at radius 1 is 1.57 bits per heavy atom. The molecule has 0 amide bonds. The third-order valence-electron chi connectivity index (χ3n) is 1.53. The van der Waals surface area contributed by atoms with E-state index in [4.69, 9.17) is 17.3 Å². The Bertz CT molecular complexity index is 331. The van der Waals surface area contributed by atoms with Gasteiger partial charge < -0.3 is 10.6 Å². The third kappa shape index (κ3) is 2.97. The van der Waals surface area contributed by atoms with Gasteiger partial charge in [0.25, 0.3) is 0 Å². The van der Waals surface area contributed by atoms with E-state index in [1.54, 1.807) is 11.3 Å². The summed E-state index contributed by atoms with van der Waals surface area (Å²) in [6.07, 6.45) is 3.82. The molecule has 5 heteroatoms. The topological polar surface area (TPSA) is 42.1 Å². The lowest BCUT2D eigenvalue weighted by atomic mass is 10.3. The van der Waals surface area contributed by atoms with Crippen molar-refractivity contribution in [2.75, 3.05) is 19.0 Å². The number of hydrogen-bond donors (Lipinski definition) is 1. The van der Waals surface area contributed by atoms with Gasteiger partial charge in [0.1, 0.15) is 5.15 Å². The smallest absolute Gasteiger partial charge is 0.186 e. The molecule has 1 unspecified atom stereocenters. The average molecular weight is 232 g/mol. The lowest BCUT2D eigenvalue weighted by Crippen LogP contribution is -2.09. The maximum Gasteiger partial charge on any atom is 0.186 e. The summed E-state index contributed by atoms with van der Waals surface area (Å²) in [5.41, 5.74) is 5.60. The Morgan fingerprint density at radius 3 is 2.64 bits per heavy atom. The van der Waals surface area contributed by atoms with Crippen molar-refractivity contribution in [3.05, 3.63) is 16.1 Å². The molecule has 0 aliphatic heterocycles. The zero-order valence-electron chi connectivity index (χ0n) is 8.49. The van der Waals surface area contributed by atoms with Crippen LogP contribution in [0.2, 0.25) is 5.15 Å². The van der Waals surface area contributed by atoms with E-state index in [9.17, 15) is 0 Å². The van der Waals surface area contributed by atoms with Gasteiger partial charge in [-0.3, -0.25) is 0 Å². The molecule has 1 aromatic heterocycles. The standard InChI is InChI=1S/C9H14ClN3S/c1-6(11)4-5-7-8(10)12-9(14-7)13(2)3/h4-6H,11H2,1-3H3/b5-4+. The predicted octanol–water partition coefficient (Wildman–Crippen LogP) is 2.22. The highest BCUT2D eigenvalue weighted by Gasteiger charge is 2.07. The van der Waals surface area contributed by atoms with Gasteiger partial charge in [-0.05, 0) is 13.0 Å². The monoisotopic (exact) mass is 231 g/mol. The van der Waals surface area contributed by atoms with Crippen molar-refractivity contribution in [2.24, 2.45) is 5.73 Å². The number of aromatic nitrogens is 1. The first-order chi connectivity index (χ1) is 6.50. The van der Waals surface area contributed by atoms with Gasteiger partial charge in [0.2, 0.25) is 0 Å². The second-order valence-corrected chi connectivity index (χ2v) is 4.63. The first-order valence-electron chi connectivity index (χ1n) is 4.28. The zero-order chi connectivity index (χ0) is 10.7. The minimum atomic E-state index is 0.0379. The van der Waals surface area contributed by atoms with Crippen molar-refractivity contribution in [3.8, 4) is 0 Å². The van der Waals surface area contributed by atoms with Crippen LogP contribution in [0.5, 0.6) is 0 Å². The Morgan fingerprint density at radius 2 is 2.21 bits per heavy atom. The molecule has 78 valence electrons. The molecule has 0 fully saturated rings. The maximum absolute atomic E-state index is 5.95. The number of nitrogens with zero attached hydrogens (tertiary/aromatic N) is 2. The molecule has 0 bridgehead atoms. The van der Waals surface area contributed by atoms with Crippen molar-refractivity contribution in [2.45, 2.75) is 13.0 Å². The Labute approximate surface area is 93.2 Å². The Balaban J connectivity index is 2.88. The van der Waals surface area contributed by atoms with Crippen LogP contribution in [0.25, 0.3) is 6.08 Å². The zero-order valence-corrected chi connectivity index (χ0v) is 10.1. The minimum absolute atomic E-state index is 0.0379. The molecule has 3 nitrogen and oxygen atoms in total. The van der Waals surface area contributed by atoms with Gasteiger partial charge >= 0.3 is 0 Å². The fraction of sp³-hybridized carbons (Fsp3) is 0.444. The molecular weight excluding hydrogens is 218 g/mol. The van der Waals surface area contributed by atoms with E-state index in [0.29, 0.717) is 5.15 Å². The maximum atomic E-state index is 5.95. The largest absolute Gasteiger partial charge is 0.354 e. The molecule has 1 atom stereocenters. The van der Waals surface area contributed by atoms with E-state index in [0.717, 1.165) is 10.0 Å². The molecule has 0 radical (unpaired) electrons. The molecule has 0 aliphatic carbocycles. The number of rotatable bonds is 3. The molecule has 0 aromatic carbocycles. The van der Waals surface area contributed by atoms with Gasteiger partial charge in [0.05, 0.1) is 4.88 Å². The van der Waals surface area contributed by atoms with Crippen molar-refractivity contribution in [1.29, 1.82) is 0 Å². The van der Waals surface area contributed by atoms with E-state index in [2.05, 4.69) is 4.98 Å². The lowest BCUT2D eigenvalue weighted by Gasteiger charge is -2.04. The normalized spacial score (nSPS) is 13.5. The number of anilines is 1. The summed E-state index contributed by atoms with van der Waals surface area (Å²) in [4.78, 5) is 7.09. The number of thiazole rings is 1. The van der Waals surface area contributed by atoms with Crippen molar-refractivity contribution >= 4 is 34.1 Å². The second kappa shape index (κ2) is 4.77. The SMILES string of the molecule is CC(N)/C=C/c1sc(N(C)C)nc1Cl. The van der Waals surface area contributed by atoms with Crippen LogP contribution in [0.4, 0.5) is 5.13 Å². The van der Waals surface area contributed by atoms with Crippen LogP contribution in [-0.4, -0.2) is 25.1 Å². The van der Waals surface area contributed by atoms with Crippen LogP contribution in [-0.2, 0) is 0 Å². The van der Waals surface area contributed by atoms with Gasteiger partial charge in [0, 0.05) is 20.1 Å². The fourth-order valence-electron chi connectivity index (χ4n) is 0.836. The molecular formula is C9H14ClN3S. The van der Waals surface area contributed by atoms with E-state index in [1.165, 1.54) is 0 Å². The highest BCUT2D eigenvalue weighted by Crippen LogP contribution is 2.29. The molecule has 0 saturated carbocycles. The van der Waals surface area contributed by atoms with Crippen LogP contribution >= 0.6 is 22.9 Å². The van der Waals surface area contributed by atoms with Crippen LogP contribution < -0.4 is 10.6 Å². The molecule has 0 saturated heterocycles. The van der Waals surface area contributed by atoms with Gasteiger partial charge in [-0.15, -0.1) is 0 Å². The molecule has 0 spiro atoms. The van der Waals surface area contributed by atoms with E-state index < -0.39 is 0 Å². The van der Waals surface area contributed by atoms with Crippen molar-refractivity contribution in [1.82, 2.24) is 4.98 Å². The summed E-state index contributed by atoms with van der Waals surface area (Å²) in [6.45, 7) is 1.91. The summed E-state index contributed by atoms with van der Waals surface area (Å²) >= 11 is 7.50. The van der Waals surface area contributed by atoms with Crippen LogP contribution in [0.3, 0.4) is 0 Å². The van der Waals surface area contributed by atoms with E-state index in [-0.39, 0.29) is 6.04 Å². The second-order valence-electron chi connectivity index (χ2n) is 3.26. The lowest BCUT2D eigenvalue weighted by molar-refractivity contribution is 0.931. The average Bonchev–Trinajstić information content (AvgIpc) is 2.43. The summed E-state index contributed by atoms with van der Waals surface area (Å²) in [7, 11) is 3.88. The molecule has 2 N–H and O–H groups in total. The van der Waals surface area contributed by atoms with Crippen LogP contribution in [0, 0.1) is 0 Å². The molecule has 0 aliphatic rings. The van der Waals surface area contributed by atoms with Crippen LogP contribution in [0.1, 0.15) is 11.8 Å². The van der Waals surface area contributed by atoms with E-state index in [1.807, 2.05) is 38.1 Å². The Hall–Kier alpha value is -0.580. The summed E-state index contributed by atoms with van der Waals surface area (Å²) in [6, 6.07) is 0.0379. The highest BCUT2D eigenvalue weighted by molar-refractivity contribution is 7.17. The first-order valence-corrected chi connectivity index (χ1v) is 5.47. The predicted molar refractivity (Wildman–Crippen MR) is 64.1 cm³/mol. The van der Waals surface area contributed by atoms with Gasteiger partial charge in [0.15, 0.2) is 5.13 Å². The van der Waals surface area contributed by atoms with Crippen molar-refractivity contribution < 1.29 is 0 Å². The van der Waals surface area contributed by atoms with Crippen LogP contribution in [0.15, 0.2) is 6.08 Å². The molecule has 14 heavy (non-hydrogen) atoms. The minimum Gasteiger partial charge on any atom is -0.354 e. The molecule has 1 rings (SSSR count). The summed E-state index contributed by atoms with van der Waals surface area (Å²) in [5, 5.41) is 1.44. The Kier molecular flexibility index (Phi) is 3.92. The summed E-state index contributed by atoms with van der Waals surface area (Å²) < 4.78 is 0. The van der Waals surface area contributed by atoms with Crippen molar-refractivity contribution in [3.63, 3.8) is 0 Å². The fourth-order valence-corrected chi connectivity index (χ4v) is 1.94. The molecule has 1 aromatic rings. The quantitative estimate of drug-likeness (QED) is 0.868. The number of nitrogens with two attached hydrogens (primary N) is 1. The number of halogens is 1. The summed E-state index contributed by atoms with van der Waals surface area (Å²) in [5.74, 6) is 0.